The van der Waals surface area contributed by atoms with Crippen molar-refractivity contribution in [2.75, 3.05) is 36.6 Å². The van der Waals surface area contributed by atoms with Gasteiger partial charge in [-0.3, -0.25) is 9.10 Å². The maximum Gasteiger partial charge on any atom is 0.337 e. The first-order valence-electron chi connectivity index (χ1n) is 7.99. The number of ether oxygens (including phenoxy) is 2. The Morgan fingerprint density at radius 1 is 1.11 bits per heavy atom. The second kappa shape index (κ2) is 8.61. The molecule has 2 rings (SSSR count). The number of carboxylic acids is 1. The molecule has 0 atom stereocenters. The molecule has 0 aliphatic heterocycles. The molecular formula is C18H20N2O7S. The molecule has 0 spiro atoms. The van der Waals surface area contributed by atoms with Crippen molar-refractivity contribution in [3.05, 3.63) is 48.0 Å². The summed E-state index contributed by atoms with van der Waals surface area (Å²) in [6.45, 7) is -0.574. The minimum atomic E-state index is -3.85. The number of sulfonamides is 1. The second-order valence-corrected chi connectivity index (χ2v) is 7.61. The van der Waals surface area contributed by atoms with Gasteiger partial charge in [-0.1, -0.05) is 12.1 Å². The largest absolute Gasteiger partial charge is 0.497 e. The maximum atomic E-state index is 12.5. The van der Waals surface area contributed by atoms with Crippen molar-refractivity contribution in [3.63, 3.8) is 0 Å². The van der Waals surface area contributed by atoms with Crippen LogP contribution in [0.5, 0.6) is 11.5 Å². The lowest BCUT2D eigenvalue weighted by Crippen LogP contribution is -2.37. The molecule has 10 heteroatoms. The number of nitrogens with one attached hydrogen (secondary N) is 1. The lowest BCUT2D eigenvalue weighted by atomic mass is 10.2. The van der Waals surface area contributed by atoms with Crippen LogP contribution in [-0.4, -0.2) is 52.4 Å². The molecule has 28 heavy (non-hydrogen) atoms. The topological polar surface area (TPSA) is 122 Å². The quantitative estimate of drug-likeness (QED) is 0.683. The summed E-state index contributed by atoms with van der Waals surface area (Å²) >= 11 is 0. The number of nitrogens with zero attached hydrogens (tertiary/aromatic N) is 1. The number of aromatic carboxylic acids is 1. The van der Waals surface area contributed by atoms with E-state index in [1.54, 1.807) is 6.07 Å². The first kappa shape index (κ1) is 21.0. The number of carboxylic acid groups (broad SMARTS) is 1. The van der Waals surface area contributed by atoms with E-state index in [2.05, 4.69) is 5.32 Å². The van der Waals surface area contributed by atoms with Crippen molar-refractivity contribution >= 4 is 33.3 Å². The molecule has 0 bridgehead atoms. The molecule has 0 aliphatic rings. The van der Waals surface area contributed by atoms with Crippen LogP contribution in [0.4, 0.5) is 11.4 Å². The number of carbonyl (C=O) groups is 2. The number of hydrogen-bond acceptors (Lipinski definition) is 6. The minimum Gasteiger partial charge on any atom is -0.497 e. The number of carbonyl (C=O) groups excluding carboxylic acids is 1. The Hall–Kier alpha value is -3.27. The lowest BCUT2D eigenvalue weighted by molar-refractivity contribution is -0.114. The summed E-state index contributed by atoms with van der Waals surface area (Å²) in [4.78, 5) is 23.7. The molecule has 0 saturated carbocycles. The summed E-state index contributed by atoms with van der Waals surface area (Å²) in [5, 5.41) is 11.6. The van der Waals surface area contributed by atoms with Gasteiger partial charge < -0.3 is 19.9 Å². The number of rotatable bonds is 8. The van der Waals surface area contributed by atoms with E-state index < -0.39 is 28.4 Å². The van der Waals surface area contributed by atoms with E-state index in [4.69, 9.17) is 9.47 Å². The number of methoxy groups -OCH3 is 2. The predicted molar refractivity (Wildman–Crippen MR) is 104 cm³/mol. The van der Waals surface area contributed by atoms with Crippen LogP contribution < -0.4 is 19.1 Å². The molecule has 0 saturated heterocycles. The van der Waals surface area contributed by atoms with Crippen molar-refractivity contribution in [2.45, 2.75) is 0 Å². The summed E-state index contributed by atoms with van der Waals surface area (Å²) in [6, 6.07) is 10.3. The highest BCUT2D eigenvalue weighted by molar-refractivity contribution is 7.92. The van der Waals surface area contributed by atoms with Gasteiger partial charge >= 0.3 is 5.97 Å². The van der Waals surface area contributed by atoms with Gasteiger partial charge in [0, 0.05) is 6.07 Å². The Morgan fingerprint density at radius 2 is 1.79 bits per heavy atom. The fourth-order valence-corrected chi connectivity index (χ4v) is 3.33. The summed E-state index contributed by atoms with van der Waals surface area (Å²) in [5.41, 5.74) is 0.103. The zero-order valence-electron chi connectivity index (χ0n) is 15.5. The van der Waals surface area contributed by atoms with Crippen molar-refractivity contribution in [1.82, 2.24) is 0 Å². The van der Waals surface area contributed by atoms with E-state index >= 15 is 0 Å². The van der Waals surface area contributed by atoms with Crippen LogP contribution in [0.3, 0.4) is 0 Å². The van der Waals surface area contributed by atoms with Crippen LogP contribution in [0.15, 0.2) is 42.5 Å². The fraction of sp³-hybridized carbons (Fsp3) is 0.222. The van der Waals surface area contributed by atoms with E-state index in [1.807, 2.05) is 0 Å². The molecule has 0 heterocycles. The molecule has 0 radical (unpaired) electrons. The third-order valence-corrected chi connectivity index (χ3v) is 4.90. The molecule has 2 aromatic carbocycles. The molecule has 2 N–H and O–H groups in total. The van der Waals surface area contributed by atoms with Crippen molar-refractivity contribution < 1.29 is 32.6 Å². The number of benzene rings is 2. The van der Waals surface area contributed by atoms with E-state index in [9.17, 15) is 23.1 Å². The van der Waals surface area contributed by atoms with Crippen LogP contribution >= 0.6 is 0 Å². The van der Waals surface area contributed by atoms with Crippen LogP contribution in [-0.2, 0) is 14.8 Å². The Bertz CT molecular complexity index is 989. The zero-order chi connectivity index (χ0) is 20.9. The van der Waals surface area contributed by atoms with E-state index in [0.717, 1.165) is 10.6 Å². The van der Waals surface area contributed by atoms with Gasteiger partial charge in [0.25, 0.3) is 0 Å². The van der Waals surface area contributed by atoms with E-state index in [-0.39, 0.29) is 22.7 Å². The van der Waals surface area contributed by atoms with E-state index in [0.29, 0.717) is 5.75 Å². The lowest BCUT2D eigenvalue weighted by Gasteiger charge is -2.24. The smallest absolute Gasteiger partial charge is 0.337 e. The number of para-hydroxylation sites is 1. The average Bonchev–Trinajstić information content (AvgIpc) is 2.65. The van der Waals surface area contributed by atoms with E-state index in [1.165, 1.54) is 50.6 Å². The number of amides is 1. The Morgan fingerprint density at radius 3 is 2.36 bits per heavy atom. The summed E-state index contributed by atoms with van der Waals surface area (Å²) in [6.07, 6.45) is 0.954. The van der Waals surface area contributed by atoms with Crippen LogP contribution in [0.1, 0.15) is 10.4 Å². The average molecular weight is 408 g/mol. The maximum absolute atomic E-state index is 12.5. The fourth-order valence-electron chi connectivity index (χ4n) is 2.47. The van der Waals surface area contributed by atoms with Gasteiger partial charge in [0.1, 0.15) is 18.0 Å². The first-order chi connectivity index (χ1) is 13.2. The van der Waals surface area contributed by atoms with Gasteiger partial charge in [0.05, 0.1) is 37.4 Å². The molecule has 0 unspecified atom stereocenters. The summed E-state index contributed by atoms with van der Waals surface area (Å²) < 4.78 is 35.7. The van der Waals surface area contributed by atoms with Gasteiger partial charge in [-0.2, -0.15) is 0 Å². The molecule has 0 aliphatic carbocycles. The SMILES string of the molecule is COc1ccc(N(CC(=O)Nc2ccccc2C(=O)O)S(C)(=O)=O)c(OC)c1. The highest BCUT2D eigenvalue weighted by atomic mass is 32.2. The van der Waals surface area contributed by atoms with Crippen molar-refractivity contribution in [2.24, 2.45) is 0 Å². The Labute approximate surface area is 162 Å². The first-order valence-corrected chi connectivity index (χ1v) is 9.84. The van der Waals surface area contributed by atoms with Gasteiger partial charge in [-0.25, -0.2) is 13.2 Å². The van der Waals surface area contributed by atoms with Gasteiger partial charge in [-0.05, 0) is 24.3 Å². The standard InChI is InChI=1S/C18H20N2O7S/c1-26-12-8-9-15(16(10-12)27-2)20(28(3,24)25)11-17(21)19-14-7-5-4-6-13(14)18(22)23/h4-10H,11H2,1-3H3,(H,19,21)(H,22,23). The van der Waals surface area contributed by atoms with Crippen LogP contribution in [0.25, 0.3) is 0 Å². The summed E-state index contributed by atoms with van der Waals surface area (Å²) in [7, 11) is -1.03. The van der Waals surface area contributed by atoms with Gasteiger partial charge in [0.15, 0.2) is 0 Å². The van der Waals surface area contributed by atoms with Gasteiger partial charge in [0.2, 0.25) is 15.9 Å². The normalized spacial score (nSPS) is 10.8. The molecule has 0 fully saturated rings. The van der Waals surface area contributed by atoms with Crippen LogP contribution in [0.2, 0.25) is 0 Å². The van der Waals surface area contributed by atoms with Crippen molar-refractivity contribution in [3.8, 4) is 11.5 Å². The predicted octanol–water partition coefficient (Wildman–Crippen LogP) is 1.81. The molecule has 1 amide bonds. The molecule has 0 aromatic heterocycles. The zero-order valence-corrected chi connectivity index (χ0v) is 16.3. The number of hydrogen-bond donors (Lipinski definition) is 2. The minimum absolute atomic E-state index is 0.0650. The third-order valence-electron chi connectivity index (χ3n) is 3.77. The molecular weight excluding hydrogens is 388 g/mol. The van der Waals surface area contributed by atoms with Gasteiger partial charge in [-0.15, -0.1) is 0 Å². The second-order valence-electron chi connectivity index (χ2n) is 5.71. The highest BCUT2D eigenvalue weighted by Crippen LogP contribution is 2.33. The Balaban J connectivity index is 2.34. The third kappa shape index (κ3) is 4.92. The highest BCUT2D eigenvalue weighted by Gasteiger charge is 2.25. The molecule has 9 nitrogen and oxygen atoms in total. The Kier molecular flexibility index (Phi) is 6.47. The van der Waals surface area contributed by atoms with Crippen LogP contribution in [0, 0.1) is 0 Å². The monoisotopic (exact) mass is 408 g/mol. The molecule has 2 aromatic rings. The summed E-state index contributed by atoms with van der Waals surface area (Å²) in [5.74, 6) is -1.28. The number of anilines is 2. The molecule has 150 valence electrons. The van der Waals surface area contributed by atoms with Crippen molar-refractivity contribution in [1.29, 1.82) is 0 Å².